The normalized spacial score (nSPS) is 11.5. The van der Waals surface area contributed by atoms with Gasteiger partial charge in [-0.2, -0.15) is 0 Å². The average Bonchev–Trinajstić information content (AvgIpc) is 3.03. The van der Waals surface area contributed by atoms with Crippen molar-refractivity contribution in [3.05, 3.63) is 48.6 Å². The highest BCUT2D eigenvalue weighted by molar-refractivity contribution is 8.00. The lowest BCUT2D eigenvalue weighted by Gasteiger charge is -2.12. The Bertz CT molecular complexity index is 825. The molecule has 2 N–H and O–H groups in total. The molecule has 2 aromatic rings. The number of nitrogens with one attached hydrogen (secondary N) is 2. The Morgan fingerprint density at radius 3 is 2.71 bits per heavy atom. The molecule has 1 heterocycles. The number of nitrogens with zero attached hydrogens (tertiary/aromatic N) is 3. The molecule has 2 rings (SSSR count). The molecule has 150 valence electrons. The van der Waals surface area contributed by atoms with E-state index in [0.29, 0.717) is 29.8 Å². The number of imide groups is 1. The van der Waals surface area contributed by atoms with E-state index in [1.165, 1.54) is 36.0 Å². The van der Waals surface area contributed by atoms with Crippen LogP contribution in [0.3, 0.4) is 0 Å². The van der Waals surface area contributed by atoms with Gasteiger partial charge in [0.05, 0.1) is 5.25 Å². The van der Waals surface area contributed by atoms with Crippen LogP contribution in [0.2, 0.25) is 0 Å². The van der Waals surface area contributed by atoms with Gasteiger partial charge in [0.1, 0.15) is 18.2 Å². The number of amides is 3. The number of hydrogen-bond acceptors (Lipinski definition) is 6. The Balaban J connectivity index is 2.04. The standard InChI is InChI=1S/C18H22FN5O3S/c1-4-10-24-15(11-27-14-8-6-13(19)7-9-14)22-23-18(24)28-12(3)16(25)21-17(26)20-5-2/h4,6-9,12H,1,5,10-11H2,2-3H3,(H2,20,21,25,26)/t12-/m1/s1. The molecule has 0 fully saturated rings. The largest absolute Gasteiger partial charge is 0.486 e. The van der Waals surface area contributed by atoms with Gasteiger partial charge in [0, 0.05) is 13.1 Å². The highest BCUT2D eigenvalue weighted by Gasteiger charge is 2.21. The molecule has 0 aliphatic carbocycles. The first kappa shape index (κ1) is 21.4. The molecule has 8 nitrogen and oxygen atoms in total. The third kappa shape index (κ3) is 6.08. The van der Waals surface area contributed by atoms with Crippen molar-refractivity contribution in [1.29, 1.82) is 0 Å². The molecular weight excluding hydrogens is 385 g/mol. The zero-order valence-electron chi connectivity index (χ0n) is 15.6. The zero-order valence-corrected chi connectivity index (χ0v) is 16.5. The molecule has 0 spiro atoms. The van der Waals surface area contributed by atoms with Gasteiger partial charge in [-0.15, -0.1) is 16.8 Å². The lowest BCUT2D eigenvalue weighted by atomic mass is 10.3. The molecule has 1 aromatic heterocycles. The highest BCUT2D eigenvalue weighted by atomic mass is 32.2. The van der Waals surface area contributed by atoms with Crippen LogP contribution in [0.1, 0.15) is 19.7 Å². The fourth-order valence-electron chi connectivity index (χ4n) is 2.13. The van der Waals surface area contributed by atoms with Crippen molar-refractivity contribution in [3.8, 4) is 5.75 Å². The van der Waals surface area contributed by atoms with Gasteiger partial charge in [0.15, 0.2) is 11.0 Å². The maximum absolute atomic E-state index is 13.0. The summed E-state index contributed by atoms with van der Waals surface area (Å²) in [4.78, 5) is 23.6. The van der Waals surface area contributed by atoms with Crippen molar-refractivity contribution in [2.24, 2.45) is 0 Å². The minimum Gasteiger partial charge on any atom is -0.486 e. The number of carbonyl (C=O) groups excluding carboxylic acids is 2. The maximum atomic E-state index is 13.0. The predicted molar refractivity (Wildman–Crippen MR) is 103 cm³/mol. The number of ether oxygens (including phenoxy) is 1. The van der Waals surface area contributed by atoms with E-state index in [4.69, 9.17) is 4.74 Å². The number of halogens is 1. The number of thioether (sulfide) groups is 1. The van der Waals surface area contributed by atoms with E-state index in [1.807, 2.05) is 0 Å². The van der Waals surface area contributed by atoms with Crippen LogP contribution in [0, 0.1) is 5.82 Å². The van der Waals surface area contributed by atoms with E-state index >= 15 is 0 Å². The molecule has 0 aliphatic heterocycles. The molecule has 0 bridgehead atoms. The number of hydrogen-bond donors (Lipinski definition) is 2. The Labute approximate surface area is 166 Å². The number of benzene rings is 1. The number of carbonyl (C=O) groups is 2. The Kier molecular flexibility index (Phi) is 8.00. The van der Waals surface area contributed by atoms with Crippen molar-refractivity contribution in [3.63, 3.8) is 0 Å². The lowest BCUT2D eigenvalue weighted by molar-refractivity contribution is -0.119. The summed E-state index contributed by atoms with van der Waals surface area (Å²) in [5.41, 5.74) is 0. The minimum absolute atomic E-state index is 0.118. The topological polar surface area (TPSA) is 98.1 Å². The summed E-state index contributed by atoms with van der Waals surface area (Å²) in [6.07, 6.45) is 1.67. The second-order valence-electron chi connectivity index (χ2n) is 5.65. The van der Waals surface area contributed by atoms with Gasteiger partial charge in [-0.3, -0.25) is 14.7 Å². The third-order valence-corrected chi connectivity index (χ3v) is 4.59. The first-order valence-corrected chi connectivity index (χ1v) is 9.49. The van der Waals surface area contributed by atoms with E-state index in [1.54, 1.807) is 24.5 Å². The lowest BCUT2D eigenvalue weighted by Crippen LogP contribution is -2.42. The molecule has 0 saturated heterocycles. The van der Waals surface area contributed by atoms with Gasteiger partial charge in [-0.05, 0) is 38.1 Å². The summed E-state index contributed by atoms with van der Waals surface area (Å²) < 4.78 is 20.3. The Morgan fingerprint density at radius 2 is 2.07 bits per heavy atom. The SMILES string of the molecule is C=CCn1c(COc2ccc(F)cc2)nnc1S[C@H](C)C(=O)NC(=O)NCC. The van der Waals surface area contributed by atoms with Crippen LogP contribution < -0.4 is 15.4 Å². The summed E-state index contributed by atoms with van der Waals surface area (Å²) in [7, 11) is 0. The van der Waals surface area contributed by atoms with Crippen molar-refractivity contribution in [1.82, 2.24) is 25.4 Å². The van der Waals surface area contributed by atoms with E-state index in [-0.39, 0.29) is 12.4 Å². The molecule has 0 aliphatic rings. The van der Waals surface area contributed by atoms with Gasteiger partial charge in [0.2, 0.25) is 5.91 Å². The zero-order chi connectivity index (χ0) is 20.5. The predicted octanol–water partition coefficient (Wildman–Crippen LogP) is 2.51. The van der Waals surface area contributed by atoms with E-state index in [2.05, 4.69) is 27.4 Å². The smallest absolute Gasteiger partial charge is 0.321 e. The van der Waals surface area contributed by atoms with Gasteiger partial charge >= 0.3 is 6.03 Å². The molecule has 1 atom stereocenters. The highest BCUT2D eigenvalue weighted by Crippen LogP contribution is 2.23. The quantitative estimate of drug-likeness (QED) is 0.490. The fourth-order valence-corrected chi connectivity index (χ4v) is 3.01. The van der Waals surface area contributed by atoms with Crippen LogP contribution >= 0.6 is 11.8 Å². The summed E-state index contributed by atoms with van der Waals surface area (Å²) in [5, 5.41) is 12.9. The number of aromatic nitrogens is 3. The molecule has 3 amide bonds. The molecule has 0 radical (unpaired) electrons. The van der Waals surface area contributed by atoms with Crippen LogP contribution in [-0.4, -0.2) is 38.5 Å². The van der Waals surface area contributed by atoms with Crippen LogP contribution in [0.25, 0.3) is 0 Å². The van der Waals surface area contributed by atoms with Crippen LogP contribution in [-0.2, 0) is 17.9 Å². The maximum Gasteiger partial charge on any atom is 0.321 e. The molecule has 28 heavy (non-hydrogen) atoms. The minimum atomic E-state index is -0.568. The molecular formula is C18H22FN5O3S. The summed E-state index contributed by atoms with van der Waals surface area (Å²) in [5.74, 6) is 0.246. The Morgan fingerprint density at radius 1 is 1.36 bits per heavy atom. The van der Waals surface area contributed by atoms with Gasteiger partial charge in [-0.25, -0.2) is 9.18 Å². The number of allylic oxidation sites excluding steroid dienone is 1. The molecule has 0 saturated carbocycles. The van der Waals surface area contributed by atoms with Crippen LogP contribution in [0.4, 0.5) is 9.18 Å². The van der Waals surface area contributed by atoms with Crippen molar-refractivity contribution in [2.45, 2.75) is 37.4 Å². The Hall–Kier alpha value is -2.88. The monoisotopic (exact) mass is 407 g/mol. The second kappa shape index (κ2) is 10.5. The first-order valence-electron chi connectivity index (χ1n) is 8.61. The van der Waals surface area contributed by atoms with E-state index in [0.717, 1.165) is 0 Å². The molecule has 0 unspecified atom stereocenters. The second-order valence-corrected chi connectivity index (χ2v) is 6.96. The number of rotatable bonds is 9. The van der Waals surface area contributed by atoms with Crippen molar-refractivity contribution >= 4 is 23.7 Å². The average molecular weight is 407 g/mol. The van der Waals surface area contributed by atoms with E-state index < -0.39 is 17.2 Å². The third-order valence-electron chi connectivity index (χ3n) is 3.51. The van der Waals surface area contributed by atoms with Crippen LogP contribution in [0.15, 0.2) is 42.1 Å². The van der Waals surface area contributed by atoms with Gasteiger partial charge in [0.25, 0.3) is 0 Å². The van der Waals surface area contributed by atoms with E-state index in [9.17, 15) is 14.0 Å². The fraction of sp³-hybridized carbons (Fsp3) is 0.333. The first-order chi connectivity index (χ1) is 13.4. The van der Waals surface area contributed by atoms with Crippen molar-refractivity contribution in [2.75, 3.05) is 6.54 Å². The molecule has 1 aromatic carbocycles. The summed E-state index contributed by atoms with van der Waals surface area (Å²) in [6, 6.07) is 5.11. The van der Waals surface area contributed by atoms with Crippen LogP contribution in [0.5, 0.6) is 5.75 Å². The number of urea groups is 1. The van der Waals surface area contributed by atoms with Crippen molar-refractivity contribution < 1.29 is 18.7 Å². The van der Waals surface area contributed by atoms with Gasteiger partial charge in [-0.1, -0.05) is 17.8 Å². The summed E-state index contributed by atoms with van der Waals surface area (Å²) >= 11 is 1.17. The summed E-state index contributed by atoms with van der Waals surface area (Å²) in [6.45, 7) is 8.11. The van der Waals surface area contributed by atoms with Gasteiger partial charge < -0.3 is 10.1 Å². The molecule has 10 heteroatoms.